The average molecular weight is 430 g/mol. The first-order valence-electron chi connectivity index (χ1n) is 12.8. The summed E-state index contributed by atoms with van der Waals surface area (Å²) in [6.45, 7) is 4.02. The molecule has 5 heteroatoms. The fraction of sp³-hybridized carbons (Fsp3) is 0.960. The quantitative estimate of drug-likeness (QED) is 0.177. The van der Waals surface area contributed by atoms with E-state index < -0.39 is 18.2 Å². The van der Waals surface area contributed by atoms with Crippen LogP contribution in [0.4, 0.5) is 0 Å². The van der Waals surface area contributed by atoms with Gasteiger partial charge in [0.2, 0.25) is 5.91 Å². The maximum Gasteiger partial charge on any atom is 0.222 e. The Morgan fingerprint density at radius 1 is 0.700 bits per heavy atom. The number of nitrogens with one attached hydrogen (secondary N) is 1. The van der Waals surface area contributed by atoms with Crippen LogP contribution in [0.5, 0.6) is 0 Å². The number of carbonyl (C=O) groups is 1. The van der Waals surface area contributed by atoms with Crippen molar-refractivity contribution >= 4 is 5.91 Å². The number of aliphatic hydroxyl groups is 3. The van der Waals surface area contributed by atoms with Gasteiger partial charge in [0.05, 0.1) is 31.3 Å². The molecule has 0 aliphatic rings. The van der Waals surface area contributed by atoms with E-state index in [0.29, 0.717) is 12.8 Å². The van der Waals surface area contributed by atoms with E-state index in [0.717, 1.165) is 25.7 Å². The minimum absolute atomic E-state index is 0.0297. The molecule has 0 aliphatic heterocycles. The molecule has 3 atom stereocenters. The molecule has 0 aromatic carbocycles. The van der Waals surface area contributed by atoms with Crippen molar-refractivity contribution in [2.45, 2.75) is 148 Å². The Balaban J connectivity index is 3.66. The van der Waals surface area contributed by atoms with E-state index in [-0.39, 0.29) is 18.9 Å². The first-order valence-corrected chi connectivity index (χ1v) is 12.8. The lowest BCUT2D eigenvalue weighted by Crippen LogP contribution is -2.46. The predicted octanol–water partition coefficient (Wildman–Crippen LogP) is 5.25. The fourth-order valence-corrected chi connectivity index (χ4v) is 3.86. The second kappa shape index (κ2) is 21.6. The fourth-order valence-electron chi connectivity index (χ4n) is 3.86. The first-order chi connectivity index (χ1) is 14.5. The summed E-state index contributed by atoms with van der Waals surface area (Å²) in [4.78, 5) is 12.0. The summed E-state index contributed by atoms with van der Waals surface area (Å²) in [5.74, 6) is -0.304. The molecule has 0 saturated heterocycles. The molecule has 0 fully saturated rings. The minimum atomic E-state index is -0.737. The summed E-state index contributed by atoms with van der Waals surface area (Å²) in [6, 6.07) is -0.645. The first kappa shape index (κ1) is 29.4. The molecule has 0 heterocycles. The topological polar surface area (TPSA) is 89.8 Å². The van der Waals surface area contributed by atoms with Gasteiger partial charge in [0, 0.05) is 0 Å². The molecule has 30 heavy (non-hydrogen) atoms. The Labute approximate surface area is 186 Å². The second-order valence-corrected chi connectivity index (χ2v) is 8.96. The highest BCUT2D eigenvalue weighted by Crippen LogP contribution is 2.14. The Morgan fingerprint density at radius 3 is 1.63 bits per heavy atom. The second-order valence-electron chi connectivity index (χ2n) is 8.96. The van der Waals surface area contributed by atoms with Gasteiger partial charge in [-0.25, -0.2) is 0 Å². The van der Waals surface area contributed by atoms with Gasteiger partial charge >= 0.3 is 0 Å². The Kier molecular flexibility index (Phi) is 21.1. The van der Waals surface area contributed by atoms with Crippen LogP contribution in [0.2, 0.25) is 0 Å². The van der Waals surface area contributed by atoms with Gasteiger partial charge in [-0.05, 0) is 12.8 Å². The van der Waals surface area contributed by atoms with Crippen LogP contribution in [0.3, 0.4) is 0 Å². The zero-order valence-electron chi connectivity index (χ0n) is 19.9. The monoisotopic (exact) mass is 429 g/mol. The number of hydrogen-bond acceptors (Lipinski definition) is 4. The van der Waals surface area contributed by atoms with Crippen molar-refractivity contribution in [1.82, 2.24) is 5.32 Å². The van der Waals surface area contributed by atoms with Crippen LogP contribution in [0.1, 0.15) is 129 Å². The van der Waals surface area contributed by atoms with Crippen LogP contribution in [-0.4, -0.2) is 46.1 Å². The highest BCUT2D eigenvalue weighted by atomic mass is 16.3. The van der Waals surface area contributed by atoms with Gasteiger partial charge in [0.25, 0.3) is 0 Å². The van der Waals surface area contributed by atoms with Gasteiger partial charge in [-0.3, -0.25) is 4.79 Å². The normalized spacial score (nSPS) is 14.4. The third kappa shape index (κ3) is 18.1. The maximum atomic E-state index is 12.0. The summed E-state index contributed by atoms with van der Waals surface area (Å²) < 4.78 is 0. The van der Waals surface area contributed by atoms with Crippen molar-refractivity contribution in [1.29, 1.82) is 0 Å². The van der Waals surface area contributed by atoms with Crippen LogP contribution in [0.25, 0.3) is 0 Å². The average Bonchev–Trinajstić information content (AvgIpc) is 2.73. The van der Waals surface area contributed by atoms with Crippen LogP contribution >= 0.6 is 0 Å². The molecule has 3 unspecified atom stereocenters. The van der Waals surface area contributed by atoms with Gasteiger partial charge in [-0.2, -0.15) is 0 Å². The van der Waals surface area contributed by atoms with E-state index in [1.165, 1.54) is 70.6 Å². The molecule has 0 saturated carbocycles. The SMILES string of the molecule is CCCCCCCCCCCCCCCC(O)C(CO)NC(=O)CC(O)CCCC. The number of aliphatic hydroxyl groups excluding tert-OH is 3. The van der Waals surface area contributed by atoms with E-state index in [2.05, 4.69) is 12.2 Å². The van der Waals surface area contributed by atoms with Crippen molar-refractivity contribution in [3.05, 3.63) is 0 Å². The van der Waals surface area contributed by atoms with Crippen LogP contribution in [-0.2, 0) is 4.79 Å². The molecular formula is C25H51NO4. The summed E-state index contributed by atoms with van der Waals surface area (Å²) in [5, 5.41) is 32.3. The molecule has 0 bridgehead atoms. The molecule has 0 aliphatic carbocycles. The van der Waals surface area contributed by atoms with E-state index in [1.54, 1.807) is 0 Å². The van der Waals surface area contributed by atoms with Crippen LogP contribution in [0.15, 0.2) is 0 Å². The Morgan fingerprint density at radius 2 is 1.17 bits per heavy atom. The van der Waals surface area contributed by atoms with E-state index in [4.69, 9.17) is 0 Å². The number of amides is 1. The highest BCUT2D eigenvalue weighted by molar-refractivity contribution is 5.76. The van der Waals surface area contributed by atoms with E-state index >= 15 is 0 Å². The van der Waals surface area contributed by atoms with Crippen molar-refractivity contribution < 1.29 is 20.1 Å². The summed E-state index contributed by atoms with van der Waals surface area (Å²) in [7, 11) is 0. The van der Waals surface area contributed by atoms with Gasteiger partial charge in [-0.1, -0.05) is 110 Å². The number of rotatable bonds is 22. The number of carbonyl (C=O) groups excluding carboxylic acids is 1. The predicted molar refractivity (Wildman–Crippen MR) is 125 cm³/mol. The zero-order chi connectivity index (χ0) is 22.5. The standard InChI is InChI=1S/C25H51NO4/c1-3-5-7-8-9-10-11-12-13-14-15-16-17-19-24(29)23(21-27)26-25(30)20-22(28)18-6-4-2/h22-24,27-29H,3-21H2,1-2H3,(H,26,30). The van der Waals surface area contributed by atoms with Crippen LogP contribution < -0.4 is 5.32 Å². The van der Waals surface area contributed by atoms with Crippen molar-refractivity contribution in [2.24, 2.45) is 0 Å². The zero-order valence-corrected chi connectivity index (χ0v) is 19.9. The maximum absolute atomic E-state index is 12.0. The largest absolute Gasteiger partial charge is 0.394 e. The molecule has 0 radical (unpaired) electrons. The number of hydrogen-bond donors (Lipinski definition) is 4. The van der Waals surface area contributed by atoms with Gasteiger partial charge < -0.3 is 20.6 Å². The Hall–Kier alpha value is -0.650. The highest BCUT2D eigenvalue weighted by Gasteiger charge is 2.21. The molecule has 1 amide bonds. The molecule has 5 nitrogen and oxygen atoms in total. The third-order valence-corrected chi connectivity index (χ3v) is 5.92. The molecule has 180 valence electrons. The van der Waals surface area contributed by atoms with Crippen LogP contribution in [0, 0.1) is 0 Å². The van der Waals surface area contributed by atoms with Crippen molar-refractivity contribution in [2.75, 3.05) is 6.61 Å². The smallest absolute Gasteiger partial charge is 0.222 e. The van der Waals surface area contributed by atoms with Gasteiger partial charge in [0.15, 0.2) is 0 Å². The van der Waals surface area contributed by atoms with Gasteiger partial charge in [-0.15, -0.1) is 0 Å². The Bertz CT molecular complexity index is 378. The third-order valence-electron chi connectivity index (χ3n) is 5.92. The summed E-state index contributed by atoms with van der Waals surface area (Å²) >= 11 is 0. The number of unbranched alkanes of at least 4 members (excludes halogenated alkanes) is 13. The minimum Gasteiger partial charge on any atom is -0.394 e. The lowest BCUT2D eigenvalue weighted by molar-refractivity contribution is -0.125. The molecule has 0 spiro atoms. The van der Waals surface area contributed by atoms with Gasteiger partial charge in [0.1, 0.15) is 0 Å². The molecule has 0 rings (SSSR count). The van der Waals surface area contributed by atoms with E-state index in [1.807, 2.05) is 6.92 Å². The van der Waals surface area contributed by atoms with Crippen molar-refractivity contribution in [3.63, 3.8) is 0 Å². The molecule has 4 N–H and O–H groups in total. The molecule has 0 aromatic heterocycles. The molecule has 0 aromatic rings. The summed E-state index contributed by atoms with van der Waals surface area (Å²) in [5.41, 5.74) is 0. The summed E-state index contributed by atoms with van der Waals surface area (Å²) in [6.07, 6.45) is 18.4. The van der Waals surface area contributed by atoms with E-state index in [9.17, 15) is 20.1 Å². The lowest BCUT2D eigenvalue weighted by Gasteiger charge is -2.23. The van der Waals surface area contributed by atoms with Crippen molar-refractivity contribution in [3.8, 4) is 0 Å². The lowest BCUT2D eigenvalue weighted by atomic mass is 10.0. The molecular weight excluding hydrogens is 378 g/mol.